The number of fused-ring (bicyclic) bond motifs is 1. The van der Waals surface area contributed by atoms with Gasteiger partial charge < -0.3 is 9.88 Å². The maximum atomic E-state index is 13.1. The third-order valence-corrected chi connectivity index (χ3v) is 7.09. The highest BCUT2D eigenvalue weighted by molar-refractivity contribution is 7.91. The van der Waals surface area contributed by atoms with E-state index in [1.54, 1.807) is 13.8 Å². The molecule has 0 saturated carbocycles. The van der Waals surface area contributed by atoms with Crippen molar-refractivity contribution in [1.29, 1.82) is 0 Å². The number of hydrogen-bond donors (Lipinski definition) is 2. The van der Waals surface area contributed by atoms with E-state index in [2.05, 4.69) is 20.0 Å². The van der Waals surface area contributed by atoms with Gasteiger partial charge in [-0.1, -0.05) is 11.3 Å². The predicted molar refractivity (Wildman–Crippen MR) is 106 cm³/mol. The molecule has 1 aromatic carbocycles. The number of hydrogen-bond acceptors (Lipinski definition) is 6. The summed E-state index contributed by atoms with van der Waals surface area (Å²) in [5, 5.41) is 2.54. The third kappa shape index (κ3) is 4.47. The van der Waals surface area contributed by atoms with E-state index in [1.165, 1.54) is 17.6 Å². The van der Waals surface area contributed by atoms with Gasteiger partial charge in [0.05, 0.1) is 28.8 Å². The molecule has 13 heteroatoms. The van der Waals surface area contributed by atoms with Crippen LogP contribution in [0.4, 0.5) is 18.3 Å². The molecule has 162 valence electrons. The van der Waals surface area contributed by atoms with Crippen LogP contribution in [0.25, 0.3) is 11.0 Å². The summed E-state index contributed by atoms with van der Waals surface area (Å²) >= 11 is 0.779. The summed E-state index contributed by atoms with van der Waals surface area (Å²) in [6, 6.07) is 2.37. The fourth-order valence-corrected chi connectivity index (χ4v) is 5.21. The van der Waals surface area contributed by atoms with Crippen LogP contribution in [0.1, 0.15) is 38.2 Å². The third-order valence-electron chi connectivity index (χ3n) is 4.17. The molecule has 0 aliphatic rings. The lowest BCUT2D eigenvalue weighted by atomic mass is 10.2. The van der Waals surface area contributed by atoms with Crippen molar-refractivity contribution in [2.45, 2.75) is 43.7 Å². The first-order valence-electron chi connectivity index (χ1n) is 8.75. The number of carbonyl (C=O) groups is 1. The molecule has 3 rings (SSSR count). The Hall–Kier alpha value is -2.51. The number of nitrogens with one attached hydrogen (secondary N) is 2. The smallest absolute Gasteiger partial charge is 0.327 e. The fourth-order valence-electron chi connectivity index (χ4n) is 2.92. The van der Waals surface area contributed by atoms with Gasteiger partial charge in [0.15, 0.2) is 9.34 Å². The van der Waals surface area contributed by atoms with E-state index in [0.717, 1.165) is 29.7 Å². The number of aromatic nitrogens is 3. The second kappa shape index (κ2) is 7.96. The first kappa shape index (κ1) is 22.2. The van der Waals surface area contributed by atoms with Crippen molar-refractivity contribution in [3.8, 4) is 0 Å². The molecule has 0 radical (unpaired) electrons. The molecule has 1 atom stereocenters. The quantitative estimate of drug-likeness (QED) is 0.584. The van der Waals surface area contributed by atoms with Gasteiger partial charge in [0, 0.05) is 13.5 Å². The number of nitrogens with zero attached hydrogens (tertiary/aromatic N) is 3. The summed E-state index contributed by atoms with van der Waals surface area (Å²) in [5.74, 6) is -0.105. The summed E-state index contributed by atoms with van der Waals surface area (Å²) in [4.78, 5) is 19.3. The van der Waals surface area contributed by atoms with Crippen molar-refractivity contribution >= 4 is 43.4 Å². The van der Waals surface area contributed by atoms with E-state index in [1.807, 2.05) is 0 Å². The van der Waals surface area contributed by atoms with Gasteiger partial charge in [-0.15, -0.1) is 0 Å². The van der Waals surface area contributed by atoms with Crippen LogP contribution < -0.4 is 10.0 Å². The summed E-state index contributed by atoms with van der Waals surface area (Å²) in [5.41, 5.74) is -0.213. The van der Waals surface area contributed by atoms with Gasteiger partial charge in [-0.2, -0.15) is 13.2 Å². The molecular weight excluding hydrogens is 443 g/mol. The van der Waals surface area contributed by atoms with Gasteiger partial charge >= 0.3 is 6.18 Å². The Labute approximate surface area is 174 Å². The molecule has 0 unspecified atom stereocenters. The predicted octanol–water partition coefficient (Wildman–Crippen LogP) is 3.53. The molecule has 0 bridgehead atoms. The van der Waals surface area contributed by atoms with Gasteiger partial charge in [0.25, 0.3) is 10.0 Å². The van der Waals surface area contributed by atoms with Crippen molar-refractivity contribution in [3.63, 3.8) is 0 Å². The minimum atomic E-state index is -4.50. The Morgan fingerprint density at radius 3 is 2.63 bits per heavy atom. The highest BCUT2D eigenvalue weighted by Crippen LogP contribution is 2.32. The van der Waals surface area contributed by atoms with Crippen LogP contribution in [0.15, 0.2) is 28.6 Å². The van der Waals surface area contributed by atoms with Crippen molar-refractivity contribution in [3.05, 3.63) is 35.8 Å². The summed E-state index contributed by atoms with van der Waals surface area (Å²) in [7, 11) is -4.00. The molecule has 0 aliphatic heterocycles. The largest absolute Gasteiger partial charge is 0.416 e. The topological polar surface area (TPSA) is 106 Å². The minimum absolute atomic E-state index is 0.114. The number of aryl methyl sites for hydroxylation is 1. The molecule has 2 N–H and O–H groups in total. The van der Waals surface area contributed by atoms with Gasteiger partial charge in [-0.05, 0) is 32.0 Å². The van der Waals surface area contributed by atoms with Gasteiger partial charge in [-0.25, -0.2) is 23.1 Å². The number of carbonyl (C=O) groups excluding carboxylic acids is 1. The lowest BCUT2D eigenvalue weighted by Crippen LogP contribution is -2.28. The first-order valence-corrected chi connectivity index (χ1v) is 11.1. The zero-order valence-corrected chi connectivity index (χ0v) is 17.7. The Kier molecular flexibility index (Phi) is 5.89. The summed E-state index contributed by atoms with van der Waals surface area (Å²) < 4.78 is 68.4. The number of anilines is 1. The molecule has 30 heavy (non-hydrogen) atoms. The van der Waals surface area contributed by atoms with E-state index >= 15 is 0 Å². The summed E-state index contributed by atoms with van der Waals surface area (Å²) in [6.45, 7) is 4.85. The molecule has 0 fully saturated rings. The average Bonchev–Trinajstić information content (AvgIpc) is 3.24. The maximum absolute atomic E-state index is 13.1. The number of sulfonamides is 1. The molecule has 0 saturated heterocycles. The van der Waals surface area contributed by atoms with E-state index in [4.69, 9.17) is 0 Å². The zero-order chi connectivity index (χ0) is 22.3. The highest BCUT2D eigenvalue weighted by atomic mass is 32.2. The first-order chi connectivity index (χ1) is 13.9. The number of imidazole rings is 1. The summed E-state index contributed by atoms with van der Waals surface area (Å²) in [6.07, 6.45) is -3.38. The molecule has 1 amide bonds. The second-order valence-electron chi connectivity index (χ2n) is 6.42. The lowest BCUT2D eigenvalue weighted by molar-refractivity contribution is -0.137. The highest BCUT2D eigenvalue weighted by Gasteiger charge is 2.31. The fraction of sp³-hybridized carbons (Fsp3) is 0.353. The van der Waals surface area contributed by atoms with Crippen LogP contribution in [-0.4, -0.2) is 28.9 Å². The van der Waals surface area contributed by atoms with Gasteiger partial charge in [0.1, 0.15) is 5.82 Å². The monoisotopic (exact) mass is 461 g/mol. The Balaban J connectivity index is 1.93. The van der Waals surface area contributed by atoms with E-state index in [-0.39, 0.29) is 26.6 Å². The molecule has 8 nitrogen and oxygen atoms in total. The average molecular weight is 461 g/mol. The number of alkyl halides is 3. The Morgan fingerprint density at radius 2 is 2.03 bits per heavy atom. The standard InChI is InChI=1S/C17H18F3N5O3S2/c1-4-25-13-7-11(17(18,19)20)5-6-12(13)23-15(25)9(2)24-30(27,28)14-8-21-16(29-14)22-10(3)26/h5-9,24H,4H2,1-3H3,(H,21,22,26)/t9-/m1/s1. The molecule has 2 aromatic heterocycles. The number of halogens is 3. The molecule has 0 spiro atoms. The van der Waals surface area contributed by atoms with Crippen LogP contribution in [0.3, 0.4) is 0 Å². The van der Waals surface area contributed by atoms with Crippen LogP contribution >= 0.6 is 11.3 Å². The van der Waals surface area contributed by atoms with Crippen LogP contribution in [0.2, 0.25) is 0 Å². The Morgan fingerprint density at radius 1 is 1.33 bits per heavy atom. The lowest BCUT2D eigenvalue weighted by Gasteiger charge is -2.15. The SMILES string of the molecule is CCn1c([C@@H](C)NS(=O)(=O)c2cnc(NC(C)=O)s2)nc2ccc(C(F)(F)F)cc21. The van der Waals surface area contributed by atoms with E-state index in [0.29, 0.717) is 12.1 Å². The van der Waals surface area contributed by atoms with Crippen molar-refractivity contribution in [2.75, 3.05) is 5.32 Å². The van der Waals surface area contributed by atoms with Crippen molar-refractivity contribution in [1.82, 2.24) is 19.3 Å². The molecule has 2 heterocycles. The van der Waals surface area contributed by atoms with Crippen LogP contribution in [-0.2, 0) is 27.5 Å². The van der Waals surface area contributed by atoms with E-state index in [9.17, 15) is 26.4 Å². The molecule has 0 aliphatic carbocycles. The van der Waals surface area contributed by atoms with Crippen molar-refractivity contribution in [2.24, 2.45) is 0 Å². The van der Waals surface area contributed by atoms with E-state index < -0.39 is 27.8 Å². The maximum Gasteiger partial charge on any atom is 0.416 e. The normalized spacial score (nSPS) is 13.5. The van der Waals surface area contributed by atoms with Crippen molar-refractivity contribution < 1.29 is 26.4 Å². The van der Waals surface area contributed by atoms with Gasteiger partial charge in [-0.3, -0.25) is 4.79 Å². The van der Waals surface area contributed by atoms with Gasteiger partial charge in [0.2, 0.25) is 5.91 Å². The number of thiazole rings is 1. The number of amides is 1. The zero-order valence-electron chi connectivity index (χ0n) is 16.1. The second-order valence-corrected chi connectivity index (χ2v) is 9.40. The van der Waals surface area contributed by atoms with Crippen LogP contribution in [0, 0.1) is 0 Å². The number of benzene rings is 1. The number of rotatable bonds is 6. The molecule has 3 aromatic rings. The van der Waals surface area contributed by atoms with Crippen LogP contribution in [0.5, 0.6) is 0 Å². The molecular formula is C17H18F3N5O3S2. The minimum Gasteiger partial charge on any atom is -0.327 e. The Bertz CT molecular complexity index is 1200.